The fourth-order valence-corrected chi connectivity index (χ4v) is 2.63. The van der Waals surface area contributed by atoms with Crippen molar-refractivity contribution in [3.8, 4) is 0 Å². The second kappa shape index (κ2) is 7.43. The molecule has 8 heteroatoms. The van der Waals surface area contributed by atoms with Gasteiger partial charge in [-0.25, -0.2) is 4.79 Å². The maximum Gasteiger partial charge on any atom is 0.410 e. The van der Waals surface area contributed by atoms with Crippen LogP contribution in [0.25, 0.3) is 0 Å². The molecule has 1 atom stereocenters. The molecule has 0 N–H and O–H groups in total. The van der Waals surface area contributed by atoms with E-state index in [1.165, 1.54) is 16.9 Å². The molecule has 0 unspecified atom stereocenters. The molecule has 1 aliphatic rings. The van der Waals surface area contributed by atoms with Gasteiger partial charge >= 0.3 is 6.09 Å². The Kier molecular flexibility index (Phi) is 5.57. The van der Waals surface area contributed by atoms with Crippen LogP contribution in [0.3, 0.4) is 0 Å². The number of amides is 2. The molecular weight excluding hydrogens is 300 g/mol. The van der Waals surface area contributed by atoms with E-state index in [2.05, 4.69) is 10.1 Å². The summed E-state index contributed by atoms with van der Waals surface area (Å²) in [7, 11) is 3.01. The first-order valence-electron chi connectivity index (χ1n) is 7.86. The summed E-state index contributed by atoms with van der Waals surface area (Å²) >= 11 is 0. The maximum absolute atomic E-state index is 12.7. The third-order valence-corrected chi connectivity index (χ3v) is 3.93. The fraction of sp³-hybridized carbons (Fsp3) is 0.733. The second-order valence-corrected chi connectivity index (χ2v) is 6.07. The Hall–Kier alpha value is -2.12. The van der Waals surface area contributed by atoms with E-state index in [-0.39, 0.29) is 18.4 Å². The molecule has 1 aliphatic heterocycles. The van der Waals surface area contributed by atoms with Gasteiger partial charge < -0.3 is 14.2 Å². The quantitative estimate of drug-likeness (QED) is 0.838. The normalized spacial score (nSPS) is 18.1. The number of aromatic nitrogens is 2. The van der Waals surface area contributed by atoms with Crippen LogP contribution in [-0.4, -0.2) is 58.7 Å². The Morgan fingerprint density at radius 1 is 1.43 bits per heavy atom. The lowest BCUT2D eigenvalue weighted by Gasteiger charge is -2.35. The van der Waals surface area contributed by atoms with Gasteiger partial charge in [-0.3, -0.25) is 9.69 Å². The van der Waals surface area contributed by atoms with Gasteiger partial charge in [0.25, 0.3) is 0 Å². The topological polar surface area (TPSA) is 88.8 Å². The lowest BCUT2D eigenvalue weighted by atomic mass is 10.0. The highest BCUT2D eigenvalue weighted by atomic mass is 16.5. The molecule has 2 heterocycles. The van der Waals surface area contributed by atoms with Gasteiger partial charge in [0.05, 0.1) is 13.7 Å². The van der Waals surface area contributed by atoms with E-state index < -0.39 is 12.1 Å². The van der Waals surface area contributed by atoms with Gasteiger partial charge in [-0.1, -0.05) is 19.0 Å². The van der Waals surface area contributed by atoms with E-state index in [4.69, 9.17) is 9.26 Å². The average Bonchev–Trinajstić information content (AvgIpc) is 3.02. The van der Waals surface area contributed by atoms with Gasteiger partial charge in [0.1, 0.15) is 6.04 Å². The van der Waals surface area contributed by atoms with Crippen molar-refractivity contribution in [2.45, 2.75) is 51.6 Å². The van der Waals surface area contributed by atoms with Crippen molar-refractivity contribution in [3.05, 3.63) is 11.7 Å². The summed E-state index contributed by atoms with van der Waals surface area (Å²) in [5.41, 5.74) is 0. The van der Waals surface area contributed by atoms with Crippen LogP contribution in [0.2, 0.25) is 0 Å². The van der Waals surface area contributed by atoms with Gasteiger partial charge in [-0.2, -0.15) is 4.98 Å². The summed E-state index contributed by atoms with van der Waals surface area (Å²) in [6, 6.07) is -0.488. The smallest absolute Gasteiger partial charge is 0.410 e. The lowest BCUT2D eigenvalue weighted by Crippen LogP contribution is -2.52. The number of ether oxygens (including phenoxy) is 1. The van der Waals surface area contributed by atoms with Crippen LogP contribution < -0.4 is 0 Å². The molecule has 0 bridgehead atoms. The van der Waals surface area contributed by atoms with Crippen LogP contribution in [0.1, 0.15) is 50.7 Å². The molecule has 1 aromatic heterocycles. The Morgan fingerprint density at radius 3 is 2.78 bits per heavy atom. The standard InChI is InChI=1S/C15H24N4O4/c1-10(2)13-16-12(17-23-13)9-18(3)14(20)11-7-5-6-8-19(11)15(21)22-4/h10-11H,5-9H2,1-4H3/t11-/m1/s1. The minimum absolute atomic E-state index is 0.133. The fourth-order valence-electron chi connectivity index (χ4n) is 2.63. The highest BCUT2D eigenvalue weighted by Gasteiger charge is 2.34. The highest BCUT2D eigenvalue weighted by molar-refractivity contribution is 5.85. The van der Waals surface area contributed by atoms with Gasteiger partial charge in [-0.15, -0.1) is 0 Å². The van der Waals surface area contributed by atoms with Crippen molar-refractivity contribution in [1.29, 1.82) is 0 Å². The number of carbonyl (C=O) groups excluding carboxylic acids is 2. The number of nitrogens with zero attached hydrogens (tertiary/aromatic N) is 4. The van der Waals surface area contributed by atoms with Crippen LogP contribution in [-0.2, 0) is 16.1 Å². The summed E-state index contributed by atoms with van der Waals surface area (Å²) in [5, 5.41) is 3.89. The number of hydrogen-bond donors (Lipinski definition) is 0. The average molecular weight is 324 g/mol. The summed E-state index contributed by atoms with van der Waals surface area (Å²) in [5.74, 6) is 1.02. The third kappa shape index (κ3) is 4.00. The molecule has 23 heavy (non-hydrogen) atoms. The third-order valence-electron chi connectivity index (χ3n) is 3.93. The first-order valence-corrected chi connectivity index (χ1v) is 7.86. The van der Waals surface area contributed by atoms with Gasteiger partial charge in [0, 0.05) is 19.5 Å². The Balaban J connectivity index is 2.03. The number of likely N-dealkylation sites (tertiary alicyclic amines) is 1. The minimum atomic E-state index is -0.488. The number of piperidine rings is 1. The number of rotatable bonds is 4. The predicted molar refractivity (Wildman–Crippen MR) is 81.6 cm³/mol. The van der Waals surface area contributed by atoms with E-state index in [1.54, 1.807) is 7.05 Å². The molecule has 0 radical (unpaired) electrons. The molecule has 2 amide bonds. The number of carbonyl (C=O) groups is 2. The zero-order chi connectivity index (χ0) is 17.0. The van der Waals surface area contributed by atoms with Crippen LogP contribution in [0.4, 0.5) is 4.79 Å². The molecule has 128 valence electrons. The highest BCUT2D eigenvalue weighted by Crippen LogP contribution is 2.20. The molecule has 8 nitrogen and oxygen atoms in total. The number of hydrogen-bond acceptors (Lipinski definition) is 6. The van der Waals surface area contributed by atoms with Crippen molar-refractivity contribution < 1.29 is 18.8 Å². The van der Waals surface area contributed by atoms with Gasteiger partial charge in [-0.05, 0) is 19.3 Å². The predicted octanol–water partition coefficient (Wildman–Crippen LogP) is 1.77. The number of likely N-dealkylation sites (N-methyl/N-ethyl adjacent to an activating group) is 1. The van der Waals surface area contributed by atoms with E-state index >= 15 is 0 Å². The van der Waals surface area contributed by atoms with Gasteiger partial charge in [0.15, 0.2) is 5.82 Å². The SMILES string of the molecule is COC(=O)N1CCCC[C@@H]1C(=O)N(C)Cc1noc(C(C)C)n1. The molecule has 1 aromatic rings. The van der Waals surface area contributed by atoms with E-state index in [1.807, 2.05) is 13.8 Å². The first-order chi connectivity index (χ1) is 10.9. The number of methoxy groups -OCH3 is 1. The Morgan fingerprint density at radius 2 is 2.17 bits per heavy atom. The first kappa shape index (κ1) is 17.2. The lowest BCUT2D eigenvalue weighted by molar-refractivity contribution is -0.136. The van der Waals surface area contributed by atoms with Crippen molar-refractivity contribution >= 4 is 12.0 Å². The molecule has 0 saturated carbocycles. The van der Waals surface area contributed by atoms with Crippen molar-refractivity contribution in [3.63, 3.8) is 0 Å². The van der Waals surface area contributed by atoms with E-state index in [0.717, 1.165) is 12.8 Å². The maximum atomic E-state index is 12.7. The van der Waals surface area contributed by atoms with E-state index in [9.17, 15) is 9.59 Å². The van der Waals surface area contributed by atoms with Crippen LogP contribution >= 0.6 is 0 Å². The summed E-state index contributed by atoms with van der Waals surface area (Å²) in [4.78, 5) is 31.8. The van der Waals surface area contributed by atoms with Crippen LogP contribution in [0.5, 0.6) is 0 Å². The minimum Gasteiger partial charge on any atom is -0.453 e. The van der Waals surface area contributed by atoms with Gasteiger partial charge in [0.2, 0.25) is 11.8 Å². The largest absolute Gasteiger partial charge is 0.453 e. The molecule has 0 aromatic carbocycles. The molecular formula is C15H24N4O4. The summed E-state index contributed by atoms with van der Waals surface area (Å²) < 4.78 is 9.92. The molecule has 0 aliphatic carbocycles. The van der Waals surface area contributed by atoms with Crippen molar-refractivity contribution in [1.82, 2.24) is 19.9 Å². The molecule has 0 spiro atoms. The zero-order valence-electron chi connectivity index (χ0n) is 14.1. The Labute approximate surface area is 135 Å². The monoisotopic (exact) mass is 324 g/mol. The second-order valence-electron chi connectivity index (χ2n) is 6.07. The van der Waals surface area contributed by atoms with Crippen LogP contribution in [0.15, 0.2) is 4.52 Å². The van der Waals surface area contributed by atoms with Crippen LogP contribution in [0, 0.1) is 0 Å². The van der Waals surface area contributed by atoms with Crippen molar-refractivity contribution in [2.75, 3.05) is 20.7 Å². The molecule has 2 rings (SSSR count). The Bertz CT molecular complexity index is 557. The molecule has 1 fully saturated rings. The summed E-state index contributed by atoms with van der Waals surface area (Å²) in [6.45, 7) is 4.71. The molecule has 1 saturated heterocycles. The summed E-state index contributed by atoms with van der Waals surface area (Å²) in [6.07, 6.45) is 1.97. The van der Waals surface area contributed by atoms with Crippen molar-refractivity contribution in [2.24, 2.45) is 0 Å². The van der Waals surface area contributed by atoms with E-state index in [0.29, 0.717) is 24.7 Å². The zero-order valence-corrected chi connectivity index (χ0v) is 14.1.